The Kier molecular flexibility index (Phi) is 5.22. The lowest BCUT2D eigenvalue weighted by Crippen LogP contribution is -2.10. The summed E-state index contributed by atoms with van der Waals surface area (Å²) in [5, 5.41) is 7.73. The Morgan fingerprint density at radius 2 is 2.07 bits per heavy atom. The summed E-state index contributed by atoms with van der Waals surface area (Å²) in [4.78, 5) is 13.4. The van der Waals surface area contributed by atoms with Gasteiger partial charge in [0.1, 0.15) is 28.0 Å². The van der Waals surface area contributed by atoms with Crippen LogP contribution in [0.1, 0.15) is 11.9 Å². The normalized spacial score (nSPS) is 12.6. The molecule has 0 amide bonds. The summed E-state index contributed by atoms with van der Waals surface area (Å²) >= 11 is 6.32. The quantitative estimate of drug-likeness (QED) is 0.492. The maximum absolute atomic E-state index is 6.32. The van der Waals surface area contributed by atoms with Crippen LogP contribution in [0.4, 0.5) is 0 Å². The van der Waals surface area contributed by atoms with E-state index in [1.165, 1.54) is 7.11 Å². The molecule has 4 rings (SSSR count). The molecule has 0 bridgehead atoms. The van der Waals surface area contributed by atoms with E-state index < -0.39 is 0 Å². The van der Waals surface area contributed by atoms with Crippen molar-refractivity contribution in [2.45, 2.75) is 6.10 Å². The van der Waals surface area contributed by atoms with Crippen molar-refractivity contribution in [3.63, 3.8) is 0 Å². The van der Waals surface area contributed by atoms with Crippen molar-refractivity contribution in [2.24, 2.45) is 7.05 Å². The van der Waals surface area contributed by atoms with Crippen LogP contribution in [0.2, 0.25) is 5.02 Å². The van der Waals surface area contributed by atoms with Crippen LogP contribution in [-0.4, -0.2) is 62.2 Å². The second-order valence-electron chi connectivity index (χ2n) is 6.30. The Bertz CT molecular complexity index is 1140. The number of aryl methyl sites for hydroxylation is 1. The maximum Gasteiger partial charge on any atom is 0.233 e. The zero-order valence-electron chi connectivity index (χ0n) is 16.4. The summed E-state index contributed by atoms with van der Waals surface area (Å²) in [6.07, 6.45) is 4.84. The number of aromatic nitrogens is 7. The zero-order valence-corrected chi connectivity index (χ0v) is 17.1. The maximum atomic E-state index is 6.32. The van der Waals surface area contributed by atoms with Gasteiger partial charge in [0, 0.05) is 33.7 Å². The van der Waals surface area contributed by atoms with Gasteiger partial charge >= 0.3 is 0 Å². The van der Waals surface area contributed by atoms with E-state index in [4.69, 9.17) is 25.8 Å². The molecule has 0 aliphatic rings. The Morgan fingerprint density at radius 3 is 2.72 bits per heavy atom. The highest BCUT2D eigenvalue weighted by molar-refractivity contribution is 6.32. The van der Waals surface area contributed by atoms with Gasteiger partial charge in [-0.2, -0.15) is 5.10 Å². The molecule has 10 nitrogen and oxygen atoms in total. The molecule has 4 aromatic heterocycles. The minimum atomic E-state index is -0.385. The minimum absolute atomic E-state index is 0.339. The number of rotatable bonds is 7. The second-order valence-corrected chi connectivity index (χ2v) is 6.70. The van der Waals surface area contributed by atoms with Crippen LogP contribution in [0.15, 0.2) is 24.8 Å². The molecule has 0 saturated heterocycles. The number of fused-ring (bicyclic) bond motifs is 1. The molecule has 29 heavy (non-hydrogen) atoms. The average Bonchev–Trinajstić information content (AvgIpc) is 3.45. The molecular formula is C18H20ClN7O3. The summed E-state index contributed by atoms with van der Waals surface area (Å²) in [5.41, 5.74) is 3.05. The first-order valence-electron chi connectivity index (χ1n) is 8.74. The number of methoxy groups -OCH3 is 3. The van der Waals surface area contributed by atoms with Gasteiger partial charge in [0.15, 0.2) is 11.6 Å². The number of nitrogens with zero attached hydrogens (tertiary/aromatic N) is 6. The predicted molar refractivity (Wildman–Crippen MR) is 106 cm³/mol. The third kappa shape index (κ3) is 3.24. The highest BCUT2D eigenvalue weighted by atomic mass is 35.5. The van der Waals surface area contributed by atoms with Gasteiger partial charge in [-0.1, -0.05) is 11.6 Å². The van der Waals surface area contributed by atoms with Gasteiger partial charge < -0.3 is 23.3 Å². The van der Waals surface area contributed by atoms with E-state index in [0.717, 1.165) is 16.9 Å². The Balaban J connectivity index is 1.96. The number of hydrogen-bond acceptors (Lipinski definition) is 7. The lowest BCUT2D eigenvalue weighted by atomic mass is 10.3. The molecule has 1 atom stereocenters. The lowest BCUT2D eigenvalue weighted by molar-refractivity contribution is 0.0224. The van der Waals surface area contributed by atoms with Crippen molar-refractivity contribution in [1.82, 2.24) is 34.3 Å². The molecule has 152 valence electrons. The zero-order chi connectivity index (χ0) is 20.5. The molecule has 0 fully saturated rings. The fourth-order valence-corrected chi connectivity index (χ4v) is 3.48. The van der Waals surface area contributed by atoms with Crippen LogP contribution in [0.5, 0.6) is 5.88 Å². The Labute approximate surface area is 171 Å². The molecule has 0 aliphatic heterocycles. The first-order valence-corrected chi connectivity index (χ1v) is 9.12. The summed E-state index contributed by atoms with van der Waals surface area (Å²) in [7, 11) is 6.63. The fraction of sp³-hybridized carbons (Fsp3) is 0.333. The largest absolute Gasteiger partial charge is 0.480 e. The van der Waals surface area contributed by atoms with Gasteiger partial charge in [0.05, 0.1) is 25.6 Å². The highest BCUT2D eigenvalue weighted by Crippen LogP contribution is 2.37. The van der Waals surface area contributed by atoms with Crippen LogP contribution in [0.25, 0.3) is 28.2 Å². The number of hydrogen-bond donors (Lipinski definition) is 1. The van der Waals surface area contributed by atoms with Crippen LogP contribution < -0.4 is 4.74 Å². The standard InChI is InChI=1S/C18H20ClN7O3/c1-25-11-7-10(19)18(29-4)21-13(11)14(26-6-5-20-9-26)15(25)17-22-16(23-24-17)12(28-3)8-27-2/h5-7,9,12H,8H2,1-4H3,(H,22,23,24). The van der Waals surface area contributed by atoms with E-state index in [9.17, 15) is 0 Å². The fourth-order valence-electron chi connectivity index (χ4n) is 3.26. The lowest BCUT2D eigenvalue weighted by Gasteiger charge is -2.09. The van der Waals surface area contributed by atoms with E-state index in [-0.39, 0.29) is 6.10 Å². The molecule has 4 heterocycles. The first kappa shape index (κ1) is 19.4. The number of halogens is 1. The number of H-pyrrole nitrogens is 1. The number of aromatic amines is 1. The van der Waals surface area contributed by atoms with Crippen molar-refractivity contribution < 1.29 is 14.2 Å². The van der Waals surface area contributed by atoms with E-state index >= 15 is 0 Å². The van der Waals surface area contributed by atoms with Gasteiger partial charge in [-0.05, 0) is 6.07 Å². The summed E-state index contributed by atoms with van der Waals surface area (Å²) < 4.78 is 19.7. The van der Waals surface area contributed by atoms with Crippen molar-refractivity contribution in [3.05, 3.63) is 35.6 Å². The Hall–Kier alpha value is -2.95. The second kappa shape index (κ2) is 7.82. The molecular weight excluding hydrogens is 398 g/mol. The van der Waals surface area contributed by atoms with E-state index in [1.807, 2.05) is 28.4 Å². The number of imidazole rings is 1. The van der Waals surface area contributed by atoms with Gasteiger partial charge in [-0.25, -0.2) is 15.0 Å². The van der Waals surface area contributed by atoms with Gasteiger partial charge in [0.25, 0.3) is 0 Å². The van der Waals surface area contributed by atoms with Crippen molar-refractivity contribution >= 4 is 22.6 Å². The number of pyridine rings is 1. The van der Waals surface area contributed by atoms with Crippen LogP contribution in [-0.2, 0) is 16.5 Å². The molecule has 0 radical (unpaired) electrons. The molecule has 0 aliphatic carbocycles. The van der Waals surface area contributed by atoms with Crippen LogP contribution in [0, 0.1) is 0 Å². The molecule has 0 saturated carbocycles. The predicted octanol–water partition coefficient (Wildman–Crippen LogP) is 2.54. The van der Waals surface area contributed by atoms with E-state index in [0.29, 0.717) is 34.7 Å². The molecule has 0 aromatic carbocycles. The Morgan fingerprint density at radius 1 is 1.24 bits per heavy atom. The van der Waals surface area contributed by atoms with Crippen molar-refractivity contribution in [1.29, 1.82) is 0 Å². The topological polar surface area (TPSA) is 105 Å². The van der Waals surface area contributed by atoms with Gasteiger partial charge in [-0.3, -0.25) is 5.10 Å². The summed E-state index contributed by atoms with van der Waals surface area (Å²) in [6, 6.07) is 1.81. The number of nitrogens with one attached hydrogen (secondary N) is 1. The molecule has 1 N–H and O–H groups in total. The summed E-state index contributed by atoms with van der Waals surface area (Å²) in [6.45, 7) is 0.339. The van der Waals surface area contributed by atoms with Crippen molar-refractivity contribution in [3.8, 4) is 23.1 Å². The smallest absolute Gasteiger partial charge is 0.233 e. The third-order valence-corrected chi connectivity index (χ3v) is 4.91. The minimum Gasteiger partial charge on any atom is -0.480 e. The third-order valence-electron chi connectivity index (χ3n) is 4.64. The van der Waals surface area contributed by atoms with Crippen LogP contribution in [0.3, 0.4) is 0 Å². The molecule has 4 aromatic rings. The average molecular weight is 418 g/mol. The summed E-state index contributed by atoms with van der Waals surface area (Å²) in [5.74, 6) is 1.39. The number of ether oxygens (including phenoxy) is 3. The van der Waals surface area contributed by atoms with Gasteiger partial charge in [0.2, 0.25) is 5.88 Å². The molecule has 1 unspecified atom stereocenters. The monoisotopic (exact) mass is 417 g/mol. The first-order chi connectivity index (χ1) is 14.1. The van der Waals surface area contributed by atoms with E-state index in [2.05, 4.69) is 25.1 Å². The van der Waals surface area contributed by atoms with Crippen LogP contribution >= 0.6 is 11.6 Å². The molecule has 0 spiro atoms. The van der Waals surface area contributed by atoms with E-state index in [1.54, 1.807) is 26.7 Å². The van der Waals surface area contributed by atoms with Crippen molar-refractivity contribution in [2.75, 3.05) is 27.9 Å². The van der Waals surface area contributed by atoms with Gasteiger partial charge in [-0.15, -0.1) is 0 Å². The SMILES string of the molecule is COCC(OC)c1n[nH]c(-c2c(-n3ccnc3)c3nc(OC)c(Cl)cc3n2C)n1. The molecule has 11 heteroatoms. The highest BCUT2D eigenvalue weighted by Gasteiger charge is 2.25.